The van der Waals surface area contributed by atoms with Crippen LogP contribution in [0.5, 0.6) is 0 Å². The highest BCUT2D eigenvalue weighted by Gasteiger charge is 2.24. The van der Waals surface area contributed by atoms with Gasteiger partial charge in [0.2, 0.25) is 0 Å². The Morgan fingerprint density at radius 3 is 2.72 bits per heavy atom. The molecule has 8 nitrogen and oxygen atoms in total. The Morgan fingerprint density at radius 1 is 1.50 bits per heavy atom. The lowest BCUT2D eigenvalue weighted by Gasteiger charge is -2.10. The molecular formula is C9H13N3O5S. The van der Waals surface area contributed by atoms with Crippen LogP contribution in [0.3, 0.4) is 0 Å². The van der Waals surface area contributed by atoms with Gasteiger partial charge in [-0.1, -0.05) is 12.8 Å². The Kier molecular flexibility index (Phi) is 3.62. The molecule has 0 aromatic carbocycles. The van der Waals surface area contributed by atoms with E-state index in [4.69, 9.17) is 4.18 Å². The second-order valence-corrected chi connectivity index (χ2v) is 5.75. The van der Waals surface area contributed by atoms with E-state index in [1.165, 1.54) is 0 Å². The summed E-state index contributed by atoms with van der Waals surface area (Å²) in [6.45, 7) is 0. The first-order valence-corrected chi connectivity index (χ1v) is 7.12. The maximum absolute atomic E-state index is 11.7. The van der Waals surface area contributed by atoms with Crippen molar-refractivity contribution >= 4 is 15.8 Å². The van der Waals surface area contributed by atoms with Gasteiger partial charge in [0.15, 0.2) is 5.88 Å². The Labute approximate surface area is 104 Å². The normalized spacial score (nSPS) is 17.1. The van der Waals surface area contributed by atoms with Crippen molar-refractivity contribution in [2.24, 2.45) is 0 Å². The molecule has 0 spiro atoms. The van der Waals surface area contributed by atoms with E-state index >= 15 is 0 Å². The van der Waals surface area contributed by atoms with Crippen LogP contribution < -0.4 is 0 Å². The predicted octanol–water partition coefficient (Wildman–Crippen LogP) is 1.04. The molecular weight excluding hydrogens is 262 g/mol. The molecule has 0 N–H and O–H groups in total. The highest BCUT2D eigenvalue weighted by Crippen LogP contribution is 2.23. The molecule has 2 rings (SSSR count). The van der Waals surface area contributed by atoms with E-state index in [9.17, 15) is 18.5 Å². The number of rotatable bonds is 5. The number of aromatic nitrogens is 2. The summed E-state index contributed by atoms with van der Waals surface area (Å²) in [5.74, 6) is -0.503. The molecule has 0 saturated heterocycles. The van der Waals surface area contributed by atoms with Crippen LogP contribution in [0, 0.1) is 10.1 Å². The minimum Gasteiger partial charge on any atom is -0.265 e. The third-order valence-electron chi connectivity index (χ3n) is 2.71. The van der Waals surface area contributed by atoms with Gasteiger partial charge in [-0.25, -0.2) is 4.68 Å². The summed E-state index contributed by atoms with van der Waals surface area (Å²) in [5.41, 5.74) is -0.244. The largest absolute Gasteiger partial charge is 0.307 e. The molecule has 9 heteroatoms. The molecule has 0 aliphatic heterocycles. The van der Waals surface area contributed by atoms with Crippen molar-refractivity contribution in [1.82, 2.24) is 9.78 Å². The Hall–Kier alpha value is -1.48. The first-order chi connectivity index (χ1) is 8.46. The lowest BCUT2D eigenvalue weighted by Crippen LogP contribution is -2.20. The summed E-state index contributed by atoms with van der Waals surface area (Å²) in [6, 6.07) is 0. The van der Waals surface area contributed by atoms with Crippen LogP contribution in [0.1, 0.15) is 25.7 Å². The predicted molar refractivity (Wildman–Crippen MR) is 61.1 cm³/mol. The van der Waals surface area contributed by atoms with Gasteiger partial charge >= 0.3 is 5.69 Å². The molecule has 0 bridgehead atoms. The minimum atomic E-state index is -3.75. The molecule has 0 amide bonds. The first kappa shape index (κ1) is 13.0. The monoisotopic (exact) mass is 275 g/mol. The Bertz CT molecular complexity index is 532. The van der Waals surface area contributed by atoms with Gasteiger partial charge in [-0.15, -0.1) is 0 Å². The third kappa shape index (κ3) is 3.26. The zero-order valence-electron chi connectivity index (χ0n) is 9.56. The van der Waals surface area contributed by atoms with Gasteiger partial charge in [0.25, 0.3) is 10.1 Å². The molecule has 1 aliphatic carbocycles. The molecule has 1 aromatic heterocycles. The summed E-state index contributed by atoms with van der Waals surface area (Å²) in [5, 5.41) is 14.0. The fourth-order valence-electron chi connectivity index (χ4n) is 1.90. The van der Waals surface area contributed by atoms with Crippen molar-refractivity contribution in [3.63, 3.8) is 0 Å². The molecule has 1 heterocycles. The lowest BCUT2D eigenvalue weighted by molar-refractivity contribution is -0.385. The molecule has 1 aromatic rings. The van der Waals surface area contributed by atoms with Crippen LogP contribution in [0.4, 0.5) is 5.69 Å². The maximum atomic E-state index is 11.7. The fourth-order valence-corrected chi connectivity index (χ4v) is 3.04. The molecule has 18 heavy (non-hydrogen) atoms. The van der Waals surface area contributed by atoms with Crippen molar-refractivity contribution in [2.45, 2.75) is 37.7 Å². The topological polar surface area (TPSA) is 104 Å². The van der Waals surface area contributed by atoms with E-state index in [0.717, 1.165) is 42.8 Å². The van der Waals surface area contributed by atoms with Crippen LogP contribution in [-0.4, -0.2) is 29.2 Å². The van der Waals surface area contributed by atoms with Crippen molar-refractivity contribution in [3.8, 4) is 0 Å². The highest BCUT2D eigenvalue weighted by atomic mass is 32.2. The molecule has 0 unspecified atom stereocenters. The van der Waals surface area contributed by atoms with Crippen molar-refractivity contribution in [1.29, 1.82) is 0 Å². The van der Waals surface area contributed by atoms with Crippen LogP contribution in [0.15, 0.2) is 12.4 Å². The van der Waals surface area contributed by atoms with Crippen LogP contribution >= 0.6 is 0 Å². The maximum Gasteiger partial charge on any atom is 0.307 e. The average molecular weight is 275 g/mol. The van der Waals surface area contributed by atoms with E-state index in [1.54, 1.807) is 0 Å². The standard InChI is InChI=1S/C9H13N3O5S/c13-12(14)8-5-10-11(6-8)7-18(15,16)17-9-3-1-2-4-9/h5-6,9H,1-4,7H2. The van der Waals surface area contributed by atoms with Gasteiger partial charge in [0.05, 0.1) is 11.0 Å². The van der Waals surface area contributed by atoms with E-state index in [1.807, 2.05) is 0 Å². The fraction of sp³-hybridized carbons (Fsp3) is 0.667. The number of nitro groups is 1. The second-order valence-electron chi connectivity index (χ2n) is 4.18. The third-order valence-corrected chi connectivity index (χ3v) is 3.85. The summed E-state index contributed by atoms with van der Waals surface area (Å²) in [7, 11) is -3.75. The zero-order valence-corrected chi connectivity index (χ0v) is 10.4. The van der Waals surface area contributed by atoms with E-state index < -0.39 is 20.9 Å². The van der Waals surface area contributed by atoms with Gasteiger partial charge in [-0.2, -0.15) is 13.5 Å². The van der Waals surface area contributed by atoms with Gasteiger partial charge in [0.1, 0.15) is 12.4 Å². The molecule has 0 radical (unpaired) electrons. The van der Waals surface area contributed by atoms with Gasteiger partial charge in [0, 0.05) is 0 Å². The molecule has 1 saturated carbocycles. The van der Waals surface area contributed by atoms with Crippen LogP contribution in [0.2, 0.25) is 0 Å². The average Bonchev–Trinajstić information content (AvgIpc) is 2.87. The summed E-state index contributed by atoms with van der Waals surface area (Å²) >= 11 is 0. The van der Waals surface area contributed by atoms with Gasteiger partial charge in [-0.05, 0) is 12.8 Å². The molecule has 1 fully saturated rings. The zero-order chi connectivity index (χ0) is 13.2. The quantitative estimate of drug-likeness (QED) is 0.451. The Morgan fingerprint density at radius 2 is 2.17 bits per heavy atom. The Balaban J connectivity index is 2.00. The minimum absolute atomic E-state index is 0.244. The first-order valence-electron chi connectivity index (χ1n) is 5.54. The number of nitrogens with zero attached hydrogens (tertiary/aromatic N) is 3. The summed E-state index contributed by atoms with van der Waals surface area (Å²) in [6.07, 6.45) is 5.21. The van der Waals surface area contributed by atoms with Gasteiger partial charge < -0.3 is 0 Å². The summed E-state index contributed by atoms with van der Waals surface area (Å²) in [4.78, 5) is 9.80. The number of hydrogen-bond acceptors (Lipinski definition) is 6. The molecule has 1 aliphatic rings. The summed E-state index contributed by atoms with van der Waals surface area (Å²) < 4.78 is 29.4. The van der Waals surface area contributed by atoms with Crippen LogP contribution in [0.25, 0.3) is 0 Å². The van der Waals surface area contributed by atoms with E-state index in [0.29, 0.717) is 0 Å². The van der Waals surface area contributed by atoms with E-state index in [2.05, 4.69) is 5.10 Å². The molecule has 0 atom stereocenters. The SMILES string of the molecule is O=[N+]([O-])c1cnn(CS(=O)(=O)OC2CCCC2)c1. The smallest absolute Gasteiger partial charge is 0.265 e. The lowest BCUT2D eigenvalue weighted by atomic mass is 10.3. The van der Waals surface area contributed by atoms with Crippen molar-refractivity contribution < 1.29 is 17.5 Å². The van der Waals surface area contributed by atoms with Crippen molar-refractivity contribution in [3.05, 3.63) is 22.5 Å². The molecule has 100 valence electrons. The highest BCUT2D eigenvalue weighted by molar-refractivity contribution is 7.85. The van der Waals surface area contributed by atoms with Crippen LogP contribution in [-0.2, 0) is 20.2 Å². The van der Waals surface area contributed by atoms with E-state index in [-0.39, 0.29) is 11.8 Å². The van der Waals surface area contributed by atoms with Crippen molar-refractivity contribution in [2.75, 3.05) is 0 Å². The van der Waals surface area contributed by atoms with Gasteiger partial charge in [-0.3, -0.25) is 14.3 Å². The second kappa shape index (κ2) is 5.02. The number of hydrogen-bond donors (Lipinski definition) is 0.